The highest BCUT2D eigenvalue weighted by Gasteiger charge is 2.67. The average Bonchev–Trinajstić information content (AvgIpc) is 2.91. The normalized spacial score (nSPS) is 23.5. The number of hydrogen-bond acceptors (Lipinski definition) is 3. The van der Waals surface area contributed by atoms with Gasteiger partial charge in [0.1, 0.15) is 12.5 Å². The Bertz CT molecular complexity index is 496. The lowest BCUT2D eigenvalue weighted by Crippen LogP contribution is -2.31. The van der Waals surface area contributed by atoms with Gasteiger partial charge in [0.05, 0.1) is 7.11 Å². The van der Waals surface area contributed by atoms with E-state index in [1.165, 1.54) is 5.56 Å². The van der Waals surface area contributed by atoms with Crippen molar-refractivity contribution in [3.63, 3.8) is 0 Å². The quantitative estimate of drug-likeness (QED) is 0.862. The second-order valence-electron chi connectivity index (χ2n) is 5.97. The molecule has 0 aromatic heterocycles. The summed E-state index contributed by atoms with van der Waals surface area (Å²) >= 11 is 0. The summed E-state index contributed by atoms with van der Waals surface area (Å²) in [6.45, 7) is 12.0. The third-order valence-corrected chi connectivity index (χ3v) is 4.58. The molecular formula is C18H27NO3. The third-order valence-electron chi connectivity index (χ3n) is 4.58. The Morgan fingerprint density at radius 1 is 1.23 bits per heavy atom. The predicted molar refractivity (Wildman–Crippen MR) is 87.6 cm³/mol. The highest BCUT2D eigenvalue weighted by atomic mass is 16.5. The van der Waals surface area contributed by atoms with Crippen molar-refractivity contribution in [3.8, 4) is 5.75 Å². The van der Waals surface area contributed by atoms with E-state index >= 15 is 0 Å². The fourth-order valence-corrected chi connectivity index (χ4v) is 3.19. The zero-order valence-electron chi connectivity index (χ0n) is 14.3. The standard InChI is InChI=1S/C15H19NO2.C2H6.CH2O/c1-15(2)12-9-16(14(17)13(12)15)8-10-4-6-11(18-3)7-5-10;2*1-2/h4-7,12-13H,8-9H2,1-3H3;1-2H3;1H2. The number of nitrogens with zero attached hydrogens (tertiary/aromatic N) is 1. The number of carbonyl (C=O) groups is 2. The molecule has 122 valence electrons. The van der Waals surface area contributed by atoms with E-state index < -0.39 is 0 Å². The van der Waals surface area contributed by atoms with E-state index in [2.05, 4.69) is 13.8 Å². The van der Waals surface area contributed by atoms with E-state index in [0.717, 1.165) is 18.8 Å². The summed E-state index contributed by atoms with van der Waals surface area (Å²) in [6.07, 6.45) is 0. The summed E-state index contributed by atoms with van der Waals surface area (Å²) in [4.78, 5) is 22.2. The number of carbonyl (C=O) groups excluding carboxylic acids is 2. The summed E-state index contributed by atoms with van der Waals surface area (Å²) in [5.74, 6) is 2.04. The molecule has 2 aliphatic rings. The molecule has 0 N–H and O–H groups in total. The first-order valence-corrected chi connectivity index (χ1v) is 7.74. The van der Waals surface area contributed by atoms with E-state index in [-0.39, 0.29) is 11.3 Å². The molecular weight excluding hydrogens is 278 g/mol. The van der Waals surface area contributed by atoms with E-state index in [9.17, 15) is 4.79 Å². The summed E-state index contributed by atoms with van der Waals surface area (Å²) in [5.41, 5.74) is 1.41. The Balaban J connectivity index is 0.000000561. The Morgan fingerprint density at radius 2 is 1.77 bits per heavy atom. The first kappa shape index (κ1) is 18.2. The summed E-state index contributed by atoms with van der Waals surface area (Å²) in [7, 11) is 1.66. The van der Waals surface area contributed by atoms with Crippen molar-refractivity contribution in [2.75, 3.05) is 13.7 Å². The van der Waals surface area contributed by atoms with E-state index in [0.29, 0.717) is 11.8 Å². The van der Waals surface area contributed by atoms with Crippen LogP contribution in [0.2, 0.25) is 0 Å². The molecule has 3 rings (SSSR count). The van der Waals surface area contributed by atoms with Crippen molar-refractivity contribution in [1.29, 1.82) is 0 Å². The minimum atomic E-state index is 0.244. The molecule has 1 aromatic carbocycles. The van der Waals surface area contributed by atoms with Crippen LogP contribution in [0.4, 0.5) is 0 Å². The summed E-state index contributed by atoms with van der Waals surface area (Å²) < 4.78 is 5.13. The number of fused-ring (bicyclic) bond motifs is 1. The van der Waals surface area contributed by atoms with Gasteiger partial charge < -0.3 is 14.4 Å². The van der Waals surface area contributed by atoms with Crippen LogP contribution in [0.25, 0.3) is 0 Å². The number of likely N-dealkylation sites (tertiary alicyclic amines) is 1. The molecule has 4 nitrogen and oxygen atoms in total. The second kappa shape index (κ2) is 7.43. The average molecular weight is 305 g/mol. The molecule has 2 atom stereocenters. The van der Waals surface area contributed by atoms with Crippen molar-refractivity contribution < 1.29 is 14.3 Å². The van der Waals surface area contributed by atoms with Crippen LogP contribution >= 0.6 is 0 Å². The number of hydrogen-bond donors (Lipinski definition) is 0. The smallest absolute Gasteiger partial charge is 0.226 e. The SMILES string of the molecule is C=O.CC.COc1ccc(CN2CC3C(C2=O)C3(C)C)cc1. The Labute approximate surface area is 133 Å². The molecule has 4 heteroatoms. The topological polar surface area (TPSA) is 46.6 Å². The summed E-state index contributed by atoms with van der Waals surface area (Å²) in [6, 6.07) is 7.95. The Morgan fingerprint density at radius 3 is 2.18 bits per heavy atom. The van der Waals surface area contributed by atoms with Crippen molar-refractivity contribution in [2.24, 2.45) is 17.3 Å². The van der Waals surface area contributed by atoms with E-state index in [1.54, 1.807) is 7.11 Å². The first-order chi connectivity index (χ1) is 10.5. The number of rotatable bonds is 3. The zero-order valence-corrected chi connectivity index (χ0v) is 14.3. The van der Waals surface area contributed by atoms with Gasteiger partial charge in [-0.05, 0) is 29.0 Å². The second-order valence-corrected chi connectivity index (χ2v) is 5.97. The van der Waals surface area contributed by atoms with Crippen molar-refractivity contribution in [2.45, 2.75) is 34.2 Å². The predicted octanol–water partition coefficient (Wildman–Crippen LogP) is 3.15. The van der Waals surface area contributed by atoms with Crippen LogP contribution in [0.1, 0.15) is 33.3 Å². The van der Waals surface area contributed by atoms with Gasteiger partial charge in [-0.25, -0.2) is 0 Å². The molecule has 1 amide bonds. The molecule has 1 aromatic rings. The van der Waals surface area contributed by atoms with Gasteiger partial charge >= 0.3 is 0 Å². The number of amides is 1. The monoisotopic (exact) mass is 305 g/mol. The van der Waals surface area contributed by atoms with Crippen LogP contribution in [0, 0.1) is 17.3 Å². The maximum atomic E-state index is 12.2. The van der Waals surface area contributed by atoms with Gasteiger partial charge in [-0.3, -0.25) is 4.79 Å². The van der Waals surface area contributed by atoms with Crippen molar-refractivity contribution >= 4 is 12.7 Å². The van der Waals surface area contributed by atoms with Gasteiger partial charge in [-0.2, -0.15) is 0 Å². The van der Waals surface area contributed by atoms with E-state index in [1.807, 2.05) is 49.8 Å². The maximum absolute atomic E-state index is 12.2. The third kappa shape index (κ3) is 3.32. The number of methoxy groups -OCH3 is 1. The lowest BCUT2D eigenvalue weighted by atomic mass is 10.1. The molecule has 0 bridgehead atoms. The van der Waals surface area contributed by atoms with Crippen LogP contribution < -0.4 is 4.74 Å². The minimum Gasteiger partial charge on any atom is -0.497 e. The molecule has 1 heterocycles. The minimum absolute atomic E-state index is 0.244. The fraction of sp³-hybridized carbons (Fsp3) is 0.556. The molecule has 1 saturated carbocycles. The number of benzene rings is 1. The fourth-order valence-electron chi connectivity index (χ4n) is 3.19. The number of piperidine rings is 1. The van der Waals surface area contributed by atoms with Gasteiger partial charge in [0.15, 0.2) is 0 Å². The van der Waals surface area contributed by atoms with Gasteiger partial charge in [0.2, 0.25) is 5.91 Å². The molecule has 22 heavy (non-hydrogen) atoms. The van der Waals surface area contributed by atoms with Crippen molar-refractivity contribution in [1.82, 2.24) is 4.90 Å². The summed E-state index contributed by atoms with van der Waals surface area (Å²) in [5, 5.41) is 0. The van der Waals surface area contributed by atoms with Crippen LogP contribution in [-0.2, 0) is 16.1 Å². The highest BCUT2D eigenvalue weighted by molar-refractivity contribution is 5.86. The van der Waals surface area contributed by atoms with Gasteiger partial charge in [-0.1, -0.05) is 39.8 Å². The zero-order chi connectivity index (χ0) is 16.9. The molecule has 0 spiro atoms. The molecule has 1 aliphatic carbocycles. The van der Waals surface area contributed by atoms with Gasteiger partial charge in [0.25, 0.3) is 0 Å². The molecule has 1 saturated heterocycles. The molecule has 2 fully saturated rings. The van der Waals surface area contributed by atoms with E-state index in [4.69, 9.17) is 9.53 Å². The van der Waals surface area contributed by atoms with Crippen LogP contribution in [0.5, 0.6) is 5.75 Å². The van der Waals surface area contributed by atoms with Crippen LogP contribution in [0.3, 0.4) is 0 Å². The van der Waals surface area contributed by atoms with Crippen LogP contribution in [0.15, 0.2) is 24.3 Å². The van der Waals surface area contributed by atoms with Crippen molar-refractivity contribution in [3.05, 3.63) is 29.8 Å². The highest BCUT2D eigenvalue weighted by Crippen LogP contribution is 2.62. The largest absolute Gasteiger partial charge is 0.497 e. The Kier molecular flexibility index (Phi) is 6.15. The van der Waals surface area contributed by atoms with Gasteiger partial charge in [-0.15, -0.1) is 0 Å². The maximum Gasteiger partial charge on any atom is 0.226 e. The number of ether oxygens (including phenoxy) is 1. The first-order valence-electron chi connectivity index (χ1n) is 7.74. The Hall–Kier alpha value is -1.84. The molecule has 1 aliphatic heterocycles. The lowest BCUT2D eigenvalue weighted by molar-refractivity contribution is -0.131. The molecule has 0 radical (unpaired) electrons. The van der Waals surface area contributed by atoms with Crippen LogP contribution in [-0.4, -0.2) is 31.3 Å². The lowest BCUT2D eigenvalue weighted by Gasteiger charge is -2.22. The molecule has 2 unspecified atom stereocenters. The van der Waals surface area contributed by atoms with Gasteiger partial charge in [0, 0.05) is 19.0 Å².